The van der Waals surface area contributed by atoms with E-state index in [2.05, 4.69) is 5.10 Å². The molecule has 1 amide bonds. The number of amides is 1. The van der Waals surface area contributed by atoms with Crippen LogP contribution in [0.3, 0.4) is 0 Å². The summed E-state index contributed by atoms with van der Waals surface area (Å²) in [7, 11) is 0. The van der Waals surface area contributed by atoms with Gasteiger partial charge in [0, 0.05) is 24.6 Å². The minimum absolute atomic E-state index is 0.0741. The third-order valence-electron chi connectivity index (χ3n) is 5.94. The van der Waals surface area contributed by atoms with Gasteiger partial charge in [-0.25, -0.2) is 9.18 Å². The van der Waals surface area contributed by atoms with Crippen LogP contribution in [0.15, 0.2) is 41.2 Å². The van der Waals surface area contributed by atoms with Gasteiger partial charge in [0.15, 0.2) is 5.82 Å². The summed E-state index contributed by atoms with van der Waals surface area (Å²) in [6, 6.07) is 9.41. The molecule has 1 aliphatic rings. The van der Waals surface area contributed by atoms with Gasteiger partial charge in [0.05, 0.1) is 16.4 Å². The molecule has 2 aromatic carbocycles. The molecule has 7 nitrogen and oxygen atoms in total. The Balaban J connectivity index is 1.85. The summed E-state index contributed by atoms with van der Waals surface area (Å²) in [4.78, 5) is 27.5. The second-order valence-electron chi connectivity index (χ2n) is 8.12. The maximum Gasteiger partial charge on any atom is 0.350 e. The SMILES string of the molecule is CCn1c(CO)nn(-c2ccc3c(c2)[C@@H](C(C)C)CN(c2c(F)cccc2Cl)C3=O)c1=O. The van der Waals surface area contributed by atoms with Gasteiger partial charge >= 0.3 is 5.69 Å². The van der Waals surface area contributed by atoms with Gasteiger partial charge in [0.25, 0.3) is 5.91 Å². The van der Waals surface area contributed by atoms with E-state index in [0.717, 1.165) is 5.56 Å². The van der Waals surface area contributed by atoms with E-state index in [1.807, 2.05) is 13.8 Å². The highest BCUT2D eigenvalue weighted by Gasteiger charge is 2.36. The molecule has 0 unspecified atom stereocenters. The first-order valence-corrected chi connectivity index (χ1v) is 10.9. The normalized spacial score (nSPS) is 16.0. The van der Waals surface area contributed by atoms with Crippen LogP contribution in [0, 0.1) is 11.7 Å². The van der Waals surface area contributed by atoms with Crippen molar-refractivity contribution in [3.05, 3.63) is 74.7 Å². The Morgan fingerprint density at radius 2 is 2.00 bits per heavy atom. The number of aromatic nitrogens is 3. The van der Waals surface area contributed by atoms with Crippen molar-refractivity contribution in [2.45, 2.75) is 39.8 Å². The van der Waals surface area contributed by atoms with Crippen LogP contribution in [-0.2, 0) is 13.2 Å². The third-order valence-corrected chi connectivity index (χ3v) is 6.25. The fourth-order valence-corrected chi connectivity index (χ4v) is 4.52. The van der Waals surface area contributed by atoms with Crippen LogP contribution < -0.4 is 10.6 Å². The number of aliphatic hydroxyl groups excluding tert-OH is 1. The van der Waals surface area contributed by atoms with Gasteiger partial charge in [-0.15, -0.1) is 5.10 Å². The molecular formula is C23H24ClFN4O3. The minimum Gasteiger partial charge on any atom is -0.388 e. The first-order valence-electron chi connectivity index (χ1n) is 10.5. The number of hydrogen-bond acceptors (Lipinski definition) is 4. The molecule has 0 saturated carbocycles. The summed E-state index contributed by atoms with van der Waals surface area (Å²) in [6.07, 6.45) is 0. The van der Waals surface area contributed by atoms with Crippen molar-refractivity contribution in [3.8, 4) is 5.69 Å². The number of aliphatic hydroxyl groups is 1. The van der Waals surface area contributed by atoms with Crippen molar-refractivity contribution >= 4 is 23.2 Å². The van der Waals surface area contributed by atoms with Crippen molar-refractivity contribution in [2.75, 3.05) is 11.4 Å². The maximum atomic E-state index is 14.6. The van der Waals surface area contributed by atoms with E-state index in [0.29, 0.717) is 17.8 Å². The zero-order valence-electron chi connectivity index (χ0n) is 18.0. The van der Waals surface area contributed by atoms with Gasteiger partial charge in [-0.1, -0.05) is 31.5 Å². The second-order valence-corrected chi connectivity index (χ2v) is 8.53. The fraction of sp³-hybridized carbons (Fsp3) is 0.348. The lowest BCUT2D eigenvalue weighted by molar-refractivity contribution is 0.0972. The first-order chi connectivity index (χ1) is 15.3. The summed E-state index contributed by atoms with van der Waals surface area (Å²) in [5.41, 5.74) is 1.43. The molecule has 1 atom stereocenters. The Morgan fingerprint density at radius 3 is 2.59 bits per heavy atom. The summed E-state index contributed by atoms with van der Waals surface area (Å²) >= 11 is 6.25. The molecule has 2 heterocycles. The van der Waals surface area contributed by atoms with Gasteiger partial charge in [0.1, 0.15) is 12.4 Å². The Labute approximate surface area is 189 Å². The van der Waals surface area contributed by atoms with Crippen molar-refractivity contribution in [3.63, 3.8) is 0 Å². The van der Waals surface area contributed by atoms with Gasteiger partial charge in [-0.05, 0) is 48.7 Å². The van der Waals surface area contributed by atoms with Gasteiger partial charge < -0.3 is 10.0 Å². The molecule has 0 spiro atoms. The number of fused-ring (bicyclic) bond motifs is 1. The molecule has 0 aliphatic carbocycles. The number of carbonyl (C=O) groups excluding carboxylic acids is 1. The molecule has 3 aromatic rings. The van der Waals surface area contributed by atoms with Gasteiger partial charge in [-0.3, -0.25) is 9.36 Å². The second kappa shape index (κ2) is 8.52. The molecule has 0 radical (unpaired) electrons. The summed E-state index contributed by atoms with van der Waals surface area (Å²) in [5, 5.41) is 14.0. The maximum absolute atomic E-state index is 14.6. The Hall–Kier alpha value is -2.97. The smallest absolute Gasteiger partial charge is 0.350 e. The van der Waals surface area contributed by atoms with Crippen LogP contribution in [0.1, 0.15) is 48.4 Å². The molecule has 1 aromatic heterocycles. The molecule has 0 saturated heterocycles. The number of carbonyl (C=O) groups is 1. The third kappa shape index (κ3) is 3.53. The van der Waals surface area contributed by atoms with Crippen molar-refractivity contribution in [2.24, 2.45) is 5.92 Å². The van der Waals surface area contributed by atoms with Gasteiger partial charge in [0.2, 0.25) is 0 Å². The number of hydrogen-bond donors (Lipinski definition) is 1. The van der Waals surface area contributed by atoms with E-state index in [1.165, 1.54) is 26.3 Å². The van der Waals surface area contributed by atoms with Crippen molar-refractivity contribution in [1.29, 1.82) is 0 Å². The Bertz CT molecular complexity index is 1230. The zero-order valence-corrected chi connectivity index (χ0v) is 18.8. The van der Waals surface area contributed by atoms with Crippen LogP contribution >= 0.6 is 11.6 Å². The molecule has 0 bridgehead atoms. The highest BCUT2D eigenvalue weighted by Crippen LogP contribution is 2.39. The van der Waals surface area contributed by atoms with Crippen LogP contribution in [0.4, 0.5) is 10.1 Å². The standard InChI is InChI=1S/C23H24ClFN4O3/c1-4-27-20(12-30)26-29(23(27)32)14-8-9-15-16(10-14)17(13(2)3)11-28(22(15)31)21-18(24)6-5-7-19(21)25/h5-10,13,17,30H,4,11-12H2,1-3H3/t17-/m1/s1. The minimum atomic E-state index is -0.554. The lowest BCUT2D eigenvalue weighted by Gasteiger charge is -2.37. The largest absolute Gasteiger partial charge is 0.388 e. The molecule has 1 N–H and O–H groups in total. The number of anilines is 1. The molecule has 0 fully saturated rings. The predicted molar refractivity (Wildman–Crippen MR) is 120 cm³/mol. The molecule has 168 valence electrons. The molecule has 9 heteroatoms. The topological polar surface area (TPSA) is 80.4 Å². The Morgan fingerprint density at radius 1 is 1.25 bits per heavy atom. The molecule has 1 aliphatic heterocycles. The monoisotopic (exact) mass is 458 g/mol. The first kappa shape index (κ1) is 22.2. The number of para-hydroxylation sites is 1. The van der Waals surface area contributed by atoms with Gasteiger partial charge in [-0.2, -0.15) is 4.68 Å². The average molecular weight is 459 g/mol. The highest BCUT2D eigenvalue weighted by atomic mass is 35.5. The molecular weight excluding hydrogens is 435 g/mol. The van der Waals surface area contributed by atoms with Crippen LogP contribution in [0.5, 0.6) is 0 Å². The summed E-state index contributed by atoms with van der Waals surface area (Å²) < 4.78 is 17.2. The molecule has 4 rings (SSSR count). The average Bonchev–Trinajstić information content (AvgIpc) is 3.09. The van der Waals surface area contributed by atoms with Crippen molar-refractivity contribution < 1.29 is 14.3 Å². The highest BCUT2D eigenvalue weighted by molar-refractivity contribution is 6.34. The van der Waals surface area contributed by atoms with E-state index in [-0.39, 0.29) is 53.1 Å². The van der Waals surface area contributed by atoms with Crippen molar-refractivity contribution in [1.82, 2.24) is 14.3 Å². The quantitative estimate of drug-likeness (QED) is 0.631. The van der Waals surface area contributed by atoms with Crippen LogP contribution in [0.25, 0.3) is 5.69 Å². The van der Waals surface area contributed by atoms with E-state index >= 15 is 0 Å². The Kier molecular flexibility index (Phi) is 5.92. The van der Waals surface area contributed by atoms with Crippen LogP contribution in [0.2, 0.25) is 5.02 Å². The zero-order chi connectivity index (χ0) is 23.2. The summed E-state index contributed by atoms with van der Waals surface area (Å²) in [5.74, 6) is -0.616. The number of nitrogens with zero attached hydrogens (tertiary/aromatic N) is 4. The summed E-state index contributed by atoms with van der Waals surface area (Å²) in [6.45, 7) is 6.14. The lowest BCUT2D eigenvalue weighted by atomic mass is 9.81. The van der Waals surface area contributed by atoms with E-state index in [9.17, 15) is 19.1 Å². The molecule has 32 heavy (non-hydrogen) atoms. The van der Waals surface area contributed by atoms with Crippen LogP contribution in [-0.4, -0.2) is 31.9 Å². The number of benzene rings is 2. The van der Waals surface area contributed by atoms with E-state index in [1.54, 1.807) is 31.2 Å². The van der Waals surface area contributed by atoms with E-state index in [4.69, 9.17) is 11.6 Å². The number of rotatable bonds is 5. The number of halogens is 2. The predicted octanol–water partition coefficient (Wildman–Crippen LogP) is 3.74. The van der Waals surface area contributed by atoms with E-state index < -0.39 is 5.82 Å². The lowest BCUT2D eigenvalue weighted by Crippen LogP contribution is -2.42. The fourth-order valence-electron chi connectivity index (χ4n) is 4.26.